The zero-order valence-electron chi connectivity index (χ0n) is 18.3. The van der Waals surface area contributed by atoms with Gasteiger partial charge in [0.25, 0.3) is 5.91 Å². The molecule has 0 bridgehead atoms. The van der Waals surface area contributed by atoms with Crippen LogP contribution in [0.25, 0.3) is 0 Å². The van der Waals surface area contributed by atoms with E-state index in [0.29, 0.717) is 35.5 Å². The Balaban J connectivity index is 1.43. The van der Waals surface area contributed by atoms with Crippen LogP contribution in [-0.2, 0) is 19.9 Å². The van der Waals surface area contributed by atoms with Gasteiger partial charge in [-0.2, -0.15) is 5.10 Å². The summed E-state index contributed by atoms with van der Waals surface area (Å²) < 4.78 is 7.77. The maximum Gasteiger partial charge on any atom is 0.272 e. The number of amides is 1. The summed E-state index contributed by atoms with van der Waals surface area (Å²) in [7, 11) is 1.84. The van der Waals surface area contributed by atoms with Crippen LogP contribution in [0.1, 0.15) is 66.0 Å². The minimum absolute atomic E-state index is 0.0282. The van der Waals surface area contributed by atoms with Crippen molar-refractivity contribution < 1.29 is 9.21 Å². The first kappa shape index (κ1) is 21.6. The van der Waals surface area contributed by atoms with Crippen LogP contribution in [0.15, 0.2) is 40.9 Å². The van der Waals surface area contributed by atoms with E-state index < -0.39 is 0 Å². The molecule has 1 fully saturated rings. The molecule has 1 aliphatic heterocycles. The van der Waals surface area contributed by atoms with E-state index in [2.05, 4.69) is 23.9 Å². The molecule has 3 heterocycles. The summed E-state index contributed by atoms with van der Waals surface area (Å²) in [4.78, 5) is 19.6. The lowest BCUT2D eigenvalue weighted by atomic mass is 9.97. The Morgan fingerprint density at radius 2 is 2.16 bits per heavy atom. The van der Waals surface area contributed by atoms with Gasteiger partial charge in [-0.3, -0.25) is 9.48 Å². The molecule has 6 nitrogen and oxygen atoms in total. The van der Waals surface area contributed by atoms with Gasteiger partial charge in [0.15, 0.2) is 5.89 Å². The molecule has 164 valence electrons. The Kier molecular flexibility index (Phi) is 6.46. The monoisotopic (exact) mass is 440 g/mol. The third-order valence-corrected chi connectivity index (χ3v) is 5.90. The number of carbonyl (C=O) groups excluding carboxylic acids is 1. The van der Waals surface area contributed by atoms with Crippen LogP contribution in [0.5, 0.6) is 0 Å². The Bertz CT molecular complexity index is 1060. The third-order valence-electron chi connectivity index (χ3n) is 5.66. The molecular formula is C24H29ClN4O2. The Morgan fingerprint density at radius 1 is 1.32 bits per heavy atom. The van der Waals surface area contributed by atoms with E-state index >= 15 is 0 Å². The molecule has 2 aromatic heterocycles. The van der Waals surface area contributed by atoms with Crippen molar-refractivity contribution in [2.75, 3.05) is 13.1 Å². The second-order valence-electron chi connectivity index (χ2n) is 8.80. The molecule has 31 heavy (non-hydrogen) atoms. The lowest BCUT2D eigenvalue weighted by Crippen LogP contribution is -2.40. The van der Waals surface area contributed by atoms with Gasteiger partial charge in [-0.15, -0.1) is 0 Å². The number of halogens is 1. The SMILES string of the molecule is CC(C)Cc1cc(C(=O)N2CCC[C@@H](c3ncc(Cc4cccc(Cl)c4)o3)C2)n(C)n1. The van der Waals surface area contributed by atoms with Crippen molar-refractivity contribution in [1.82, 2.24) is 19.7 Å². The summed E-state index contributed by atoms with van der Waals surface area (Å²) in [5, 5.41) is 5.24. The number of hydrogen-bond acceptors (Lipinski definition) is 4. The van der Waals surface area contributed by atoms with Crippen LogP contribution in [-0.4, -0.2) is 38.7 Å². The molecule has 4 rings (SSSR count). The number of benzene rings is 1. The predicted octanol–water partition coefficient (Wildman–Crippen LogP) is 4.87. The predicted molar refractivity (Wildman–Crippen MR) is 120 cm³/mol. The summed E-state index contributed by atoms with van der Waals surface area (Å²) in [6.07, 6.45) is 5.20. The summed E-state index contributed by atoms with van der Waals surface area (Å²) in [5.41, 5.74) is 2.70. The number of piperidine rings is 1. The van der Waals surface area contributed by atoms with E-state index in [9.17, 15) is 4.79 Å². The van der Waals surface area contributed by atoms with E-state index in [1.807, 2.05) is 42.3 Å². The van der Waals surface area contributed by atoms with Gasteiger partial charge in [-0.05, 0) is 48.9 Å². The van der Waals surface area contributed by atoms with Crippen LogP contribution in [0, 0.1) is 5.92 Å². The fraction of sp³-hybridized carbons (Fsp3) is 0.458. The van der Waals surface area contributed by atoms with E-state index in [4.69, 9.17) is 16.0 Å². The quantitative estimate of drug-likeness (QED) is 0.548. The van der Waals surface area contributed by atoms with Gasteiger partial charge in [0.1, 0.15) is 11.5 Å². The molecule has 0 unspecified atom stereocenters. The largest absolute Gasteiger partial charge is 0.445 e. The normalized spacial score (nSPS) is 16.8. The summed E-state index contributed by atoms with van der Waals surface area (Å²) in [5.74, 6) is 2.16. The van der Waals surface area contributed by atoms with Crippen molar-refractivity contribution in [3.8, 4) is 0 Å². The molecule has 1 saturated heterocycles. The highest BCUT2D eigenvalue weighted by atomic mass is 35.5. The van der Waals surface area contributed by atoms with Crippen LogP contribution in [0.2, 0.25) is 5.02 Å². The molecule has 1 atom stereocenters. The summed E-state index contributed by atoms with van der Waals surface area (Å²) in [6, 6.07) is 9.69. The number of hydrogen-bond donors (Lipinski definition) is 0. The molecule has 0 N–H and O–H groups in total. The Morgan fingerprint density at radius 3 is 2.94 bits per heavy atom. The van der Waals surface area contributed by atoms with Gasteiger partial charge in [0.05, 0.1) is 17.8 Å². The van der Waals surface area contributed by atoms with Crippen molar-refractivity contribution in [3.63, 3.8) is 0 Å². The molecule has 0 aliphatic carbocycles. The molecule has 1 aliphatic rings. The number of rotatable bonds is 6. The molecule has 0 radical (unpaired) electrons. The topological polar surface area (TPSA) is 64.2 Å². The highest BCUT2D eigenvalue weighted by Gasteiger charge is 2.30. The second kappa shape index (κ2) is 9.27. The molecule has 3 aromatic rings. The van der Waals surface area contributed by atoms with Gasteiger partial charge in [0.2, 0.25) is 0 Å². The summed E-state index contributed by atoms with van der Waals surface area (Å²) >= 11 is 6.08. The fourth-order valence-corrected chi connectivity index (χ4v) is 4.42. The number of likely N-dealkylation sites (tertiary alicyclic amines) is 1. The van der Waals surface area contributed by atoms with Gasteiger partial charge < -0.3 is 9.32 Å². The average molecular weight is 441 g/mol. The van der Waals surface area contributed by atoms with Crippen LogP contribution >= 0.6 is 11.6 Å². The van der Waals surface area contributed by atoms with Gasteiger partial charge in [-0.1, -0.05) is 37.6 Å². The highest BCUT2D eigenvalue weighted by molar-refractivity contribution is 6.30. The van der Waals surface area contributed by atoms with Crippen LogP contribution < -0.4 is 0 Å². The first-order valence-corrected chi connectivity index (χ1v) is 11.3. The fourth-order valence-electron chi connectivity index (χ4n) is 4.21. The zero-order valence-corrected chi connectivity index (χ0v) is 19.1. The lowest BCUT2D eigenvalue weighted by Gasteiger charge is -2.31. The van der Waals surface area contributed by atoms with Crippen molar-refractivity contribution >= 4 is 17.5 Å². The minimum Gasteiger partial charge on any atom is -0.445 e. The van der Waals surface area contributed by atoms with Crippen molar-refractivity contribution in [2.45, 2.75) is 45.4 Å². The van der Waals surface area contributed by atoms with Gasteiger partial charge in [0, 0.05) is 31.6 Å². The minimum atomic E-state index is 0.0282. The maximum absolute atomic E-state index is 13.2. The van der Waals surface area contributed by atoms with E-state index in [-0.39, 0.29) is 11.8 Å². The molecule has 1 aromatic carbocycles. The smallest absolute Gasteiger partial charge is 0.272 e. The first-order chi connectivity index (χ1) is 14.9. The van der Waals surface area contributed by atoms with Gasteiger partial charge in [-0.25, -0.2) is 4.98 Å². The molecule has 0 spiro atoms. The molecular weight excluding hydrogens is 412 g/mol. The number of nitrogens with zero attached hydrogens (tertiary/aromatic N) is 4. The Labute approximate surface area is 188 Å². The lowest BCUT2D eigenvalue weighted by molar-refractivity contribution is 0.0686. The second-order valence-corrected chi connectivity index (χ2v) is 9.24. The van der Waals surface area contributed by atoms with E-state index in [1.54, 1.807) is 10.9 Å². The zero-order chi connectivity index (χ0) is 22.0. The third kappa shape index (κ3) is 5.18. The van der Waals surface area contributed by atoms with E-state index in [0.717, 1.165) is 42.8 Å². The molecule has 0 saturated carbocycles. The number of aromatic nitrogens is 3. The number of aryl methyl sites for hydroxylation is 1. The standard InChI is InChI=1S/C24H29ClN4O2/c1-16(2)10-20-13-22(28(3)27-20)24(30)29-9-5-7-18(15-29)23-26-14-21(31-23)12-17-6-4-8-19(25)11-17/h4,6,8,11,13-14,16,18H,5,7,9-10,12,15H2,1-3H3/t18-/m1/s1. The highest BCUT2D eigenvalue weighted by Crippen LogP contribution is 2.28. The van der Waals surface area contributed by atoms with Gasteiger partial charge >= 0.3 is 0 Å². The van der Waals surface area contributed by atoms with Crippen molar-refractivity contribution in [1.29, 1.82) is 0 Å². The molecule has 1 amide bonds. The van der Waals surface area contributed by atoms with Crippen molar-refractivity contribution in [3.05, 3.63) is 70.2 Å². The van der Waals surface area contributed by atoms with E-state index in [1.165, 1.54) is 0 Å². The first-order valence-electron chi connectivity index (χ1n) is 10.9. The van der Waals surface area contributed by atoms with Crippen LogP contribution in [0.4, 0.5) is 0 Å². The molecule has 7 heteroatoms. The van der Waals surface area contributed by atoms with Crippen LogP contribution in [0.3, 0.4) is 0 Å². The average Bonchev–Trinajstić information content (AvgIpc) is 3.33. The number of carbonyl (C=O) groups is 1. The summed E-state index contributed by atoms with van der Waals surface area (Å²) in [6.45, 7) is 5.67. The van der Waals surface area contributed by atoms with Crippen molar-refractivity contribution in [2.24, 2.45) is 13.0 Å². The number of oxazole rings is 1. The Hall–Kier alpha value is -2.60. The maximum atomic E-state index is 13.2.